The highest BCUT2D eigenvalue weighted by Crippen LogP contribution is 2.22. The van der Waals surface area contributed by atoms with E-state index in [-0.39, 0.29) is 12.0 Å². The van der Waals surface area contributed by atoms with E-state index in [1.165, 1.54) is 7.11 Å². The molecule has 15 heavy (non-hydrogen) atoms. The van der Waals surface area contributed by atoms with Gasteiger partial charge in [0.25, 0.3) is 0 Å². The molecule has 3 nitrogen and oxygen atoms in total. The quantitative estimate of drug-likeness (QED) is 0.790. The van der Waals surface area contributed by atoms with E-state index in [1.54, 1.807) is 0 Å². The fourth-order valence-corrected chi connectivity index (χ4v) is 1.85. The zero-order valence-electron chi connectivity index (χ0n) is 9.03. The molecule has 0 heterocycles. The Morgan fingerprint density at radius 1 is 1.47 bits per heavy atom. The summed E-state index contributed by atoms with van der Waals surface area (Å²) >= 11 is 3.38. The van der Waals surface area contributed by atoms with Crippen LogP contribution in [0, 0.1) is 0 Å². The molecule has 0 aliphatic rings. The van der Waals surface area contributed by atoms with Crippen LogP contribution in [0.4, 0.5) is 0 Å². The number of benzene rings is 1. The van der Waals surface area contributed by atoms with E-state index >= 15 is 0 Å². The SMILES string of the molecule is COC(=O)C(c1cccc(Br)c1)N(C)C. The Morgan fingerprint density at radius 2 is 2.13 bits per heavy atom. The number of ether oxygens (including phenoxy) is 1. The van der Waals surface area contributed by atoms with Gasteiger partial charge in [0.05, 0.1) is 7.11 Å². The van der Waals surface area contributed by atoms with E-state index in [4.69, 9.17) is 4.74 Å². The first-order valence-electron chi connectivity index (χ1n) is 4.56. The lowest BCUT2D eigenvalue weighted by Crippen LogP contribution is -2.28. The molecule has 0 aliphatic carbocycles. The third kappa shape index (κ3) is 3.04. The minimum atomic E-state index is -0.354. The number of likely N-dealkylation sites (N-methyl/N-ethyl adjacent to an activating group) is 1. The topological polar surface area (TPSA) is 29.5 Å². The predicted octanol–water partition coefficient (Wildman–Crippen LogP) is 2.22. The number of methoxy groups -OCH3 is 1. The van der Waals surface area contributed by atoms with Gasteiger partial charge in [-0.3, -0.25) is 4.90 Å². The van der Waals surface area contributed by atoms with Crippen LogP contribution in [-0.4, -0.2) is 32.1 Å². The van der Waals surface area contributed by atoms with Gasteiger partial charge in [0.2, 0.25) is 0 Å². The molecule has 0 N–H and O–H groups in total. The monoisotopic (exact) mass is 271 g/mol. The lowest BCUT2D eigenvalue weighted by Gasteiger charge is -2.22. The average molecular weight is 272 g/mol. The van der Waals surface area contributed by atoms with Gasteiger partial charge >= 0.3 is 5.97 Å². The van der Waals surface area contributed by atoms with E-state index in [0.29, 0.717) is 0 Å². The van der Waals surface area contributed by atoms with Gasteiger partial charge in [0.15, 0.2) is 0 Å². The van der Waals surface area contributed by atoms with Crippen molar-refractivity contribution >= 4 is 21.9 Å². The fraction of sp³-hybridized carbons (Fsp3) is 0.364. The molecule has 1 unspecified atom stereocenters. The van der Waals surface area contributed by atoms with E-state index in [9.17, 15) is 4.79 Å². The van der Waals surface area contributed by atoms with Crippen molar-refractivity contribution in [3.05, 3.63) is 34.3 Å². The molecular formula is C11H14BrNO2. The summed E-state index contributed by atoms with van der Waals surface area (Å²) in [6.07, 6.45) is 0. The molecule has 0 saturated carbocycles. The van der Waals surface area contributed by atoms with Crippen LogP contribution in [0.2, 0.25) is 0 Å². The van der Waals surface area contributed by atoms with E-state index < -0.39 is 0 Å². The molecule has 1 aromatic carbocycles. The largest absolute Gasteiger partial charge is 0.468 e. The van der Waals surface area contributed by atoms with E-state index in [0.717, 1.165) is 10.0 Å². The second kappa shape index (κ2) is 5.28. The Bertz CT molecular complexity index is 352. The zero-order valence-corrected chi connectivity index (χ0v) is 10.6. The highest BCUT2D eigenvalue weighted by atomic mass is 79.9. The number of hydrogen-bond donors (Lipinski definition) is 0. The average Bonchev–Trinajstić information content (AvgIpc) is 2.17. The molecule has 0 bridgehead atoms. The van der Waals surface area contributed by atoms with Crippen molar-refractivity contribution in [3.63, 3.8) is 0 Å². The predicted molar refractivity (Wildman–Crippen MR) is 62.6 cm³/mol. The number of carbonyl (C=O) groups excluding carboxylic acids is 1. The highest BCUT2D eigenvalue weighted by Gasteiger charge is 2.23. The Hall–Kier alpha value is -0.870. The van der Waals surface area contributed by atoms with Gasteiger partial charge in [0, 0.05) is 4.47 Å². The van der Waals surface area contributed by atoms with Crippen molar-refractivity contribution < 1.29 is 9.53 Å². The van der Waals surface area contributed by atoms with Crippen LogP contribution in [0.25, 0.3) is 0 Å². The second-order valence-electron chi connectivity index (χ2n) is 3.44. The highest BCUT2D eigenvalue weighted by molar-refractivity contribution is 9.10. The normalized spacial score (nSPS) is 12.6. The molecule has 4 heteroatoms. The van der Waals surface area contributed by atoms with Crippen molar-refractivity contribution in [2.75, 3.05) is 21.2 Å². The summed E-state index contributed by atoms with van der Waals surface area (Å²) in [7, 11) is 5.10. The summed E-state index contributed by atoms with van der Waals surface area (Å²) in [6, 6.07) is 7.30. The molecule has 0 aromatic heterocycles. The van der Waals surface area contributed by atoms with Crippen molar-refractivity contribution in [1.82, 2.24) is 4.90 Å². The third-order valence-electron chi connectivity index (χ3n) is 2.11. The van der Waals surface area contributed by atoms with E-state index in [1.807, 2.05) is 43.3 Å². The smallest absolute Gasteiger partial charge is 0.327 e. The molecular weight excluding hydrogens is 258 g/mol. The van der Waals surface area contributed by atoms with Gasteiger partial charge < -0.3 is 4.74 Å². The van der Waals surface area contributed by atoms with Crippen molar-refractivity contribution in [1.29, 1.82) is 0 Å². The maximum atomic E-state index is 11.6. The van der Waals surface area contributed by atoms with Gasteiger partial charge in [-0.1, -0.05) is 28.1 Å². The maximum Gasteiger partial charge on any atom is 0.327 e. The van der Waals surface area contributed by atoms with Crippen LogP contribution >= 0.6 is 15.9 Å². The molecule has 1 rings (SSSR count). The first-order chi connectivity index (χ1) is 7.06. The van der Waals surface area contributed by atoms with Crippen LogP contribution in [-0.2, 0) is 9.53 Å². The molecule has 1 aromatic rings. The van der Waals surface area contributed by atoms with Gasteiger partial charge in [-0.05, 0) is 31.8 Å². The Labute approximate surface area is 98.2 Å². The van der Waals surface area contributed by atoms with Crippen molar-refractivity contribution in [2.45, 2.75) is 6.04 Å². The number of rotatable bonds is 3. The van der Waals surface area contributed by atoms with Crippen LogP contribution in [0.1, 0.15) is 11.6 Å². The minimum Gasteiger partial charge on any atom is -0.468 e. The summed E-state index contributed by atoms with van der Waals surface area (Å²) in [5, 5.41) is 0. The van der Waals surface area contributed by atoms with Crippen molar-refractivity contribution in [2.24, 2.45) is 0 Å². The standard InChI is InChI=1S/C11H14BrNO2/c1-13(2)10(11(14)15-3)8-5-4-6-9(12)7-8/h4-7,10H,1-3H3. The third-order valence-corrected chi connectivity index (χ3v) is 2.60. The van der Waals surface area contributed by atoms with Crippen LogP contribution < -0.4 is 0 Å². The van der Waals surface area contributed by atoms with Crippen LogP contribution in [0.15, 0.2) is 28.7 Å². The Kier molecular flexibility index (Phi) is 4.29. The zero-order chi connectivity index (χ0) is 11.4. The minimum absolute atomic E-state index is 0.252. The lowest BCUT2D eigenvalue weighted by molar-refractivity contribution is -0.146. The fourth-order valence-electron chi connectivity index (χ4n) is 1.43. The Balaban J connectivity index is 3.04. The maximum absolute atomic E-state index is 11.6. The van der Waals surface area contributed by atoms with Gasteiger partial charge in [-0.2, -0.15) is 0 Å². The molecule has 82 valence electrons. The lowest BCUT2D eigenvalue weighted by atomic mass is 10.1. The summed E-state index contributed by atoms with van der Waals surface area (Å²) in [5.74, 6) is -0.252. The second-order valence-corrected chi connectivity index (χ2v) is 4.36. The molecule has 0 amide bonds. The number of nitrogens with zero attached hydrogens (tertiary/aromatic N) is 1. The van der Waals surface area contributed by atoms with Gasteiger partial charge in [-0.15, -0.1) is 0 Å². The Morgan fingerprint density at radius 3 is 2.60 bits per heavy atom. The van der Waals surface area contributed by atoms with E-state index in [2.05, 4.69) is 15.9 Å². The number of hydrogen-bond acceptors (Lipinski definition) is 3. The molecule has 0 aliphatic heterocycles. The number of carbonyl (C=O) groups is 1. The van der Waals surface area contributed by atoms with Gasteiger partial charge in [-0.25, -0.2) is 4.79 Å². The molecule has 0 radical (unpaired) electrons. The summed E-state index contributed by atoms with van der Waals surface area (Å²) < 4.78 is 5.73. The van der Waals surface area contributed by atoms with Crippen LogP contribution in [0.3, 0.4) is 0 Å². The first kappa shape index (κ1) is 12.2. The number of esters is 1. The van der Waals surface area contributed by atoms with Crippen LogP contribution in [0.5, 0.6) is 0 Å². The summed E-state index contributed by atoms with van der Waals surface area (Å²) in [5.41, 5.74) is 0.918. The molecule has 0 fully saturated rings. The molecule has 1 atom stereocenters. The summed E-state index contributed by atoms with van der Waals surface area (Å²) in [4.78, 5) is 13.4. The number of halogens is 1. The van der Waals surface area contributed by atoms with Crippen molar-refractivity contribution in [3.8, 4) is 0 Å². The molecule has 0 spiro atoms. The van der Waals surface area contributed by atoms with Gasteiger partial charge in [0.1, 0.15) is 6.04 Å². The first-order valence-corrected chi connectivity index (χ1v) is 5.35. The molecule has 0 saturated heterocycles. The summed E-state index contributed by atoms with van der Waals surface area (Å²) in [6.45, 7) is 0.